The second-order valence-electron chi connectivity index (χ2n) is 4.09. The molecule has 84 valence electrons. The molecule has 0 spiro atoms. The molecule has 0 amide bonds. The Bertz CT molecular complexity index is 502. The molecule has 3 N–H and O–H groups in total. The molecule has 0 aliphatic carbocycles. The first-order chi connectivity index (χ1) is 7.84. The van der Waals surface area contributed by atoms with Gasteiger partial charge < -0.3 is 15.5 Å². The van der Waals surface area contributed by atoms with Gasteiger partial charge in [0, 0.05) is 12.7 Å². The lowest BCUT2D eigenvalue weighted by atomic mass is 10.0. The average Bonchev–Trinajstić information content (AvgIpc) is 2.77. The van der Waals surface area contributed by atoms with Crippen molar-refractivity contribution in [1.29, 1.82) is 0 Å². The molecule has 1 aliphatic heterocycles. The maximum Gasteiger partial charge on any atom is 0.125 e. The Labute approximate surface area is 93.0 Å². The summed E-state index contributed by atoms with van der Waals surface area (Å²) in [6.07, 6.45) is 5.01. The van der Waals surface area contributed by atoms with Gasteiger partial charge in [-0.25, -0.2) is 9.97 Å². The van der Waals surface area contributed by atoms with Crippen LogP contribution in [0.1, 0.15) is 31.1 Å². The highest BCUT2D eigenvalue weighted by atomic mass is 16.5. The van der Waals surface area contributed by atoms with Gasteiger partial charge in [0.2, 0.25) is 0 Å². The van der Waals surface area contributed by atoms with Crippen molar-refractivity contribution in [3.8, 4) is 0 Å². The lowest BCUT2D eigenvalue weighted by Gasteiger charge is -2.22. The minimum atomic E-state index is 0.0445. The molecule has 3 rings (SSSR count). The summed E-state index contributed by atoms with van der Waals surface area (Å²) >= 11 is 0. The second kappa shape index (κ2) is 3.75. The number of pyridine rings is 1. The van der Waals surface area contributed by atoms with Crippen LogP contribution in [0.15, 0.2) is 12.4 Å². The number of imidazole rings is 1. The van der Waals surface area contributed by atoms with Gasteiger partial charge in [-0.2, -0.15) is 0 Å². The third-order valence-corrected chi connectivity index (χ3v) is 2.94. The van der Waals surface area contributed by atoms with E-state index >= 15 is 0 Å². The van der Waals surface area contributed by atoms with E-state index in [4.69, 9.17) is 10.5 Å². The maximum absolute atomic E-state index is 5.78. The Balaban J connectivity index is 2.09. The first-order valence-corrected chi connectivity index (χ1v) is 5.56. The van der Waals surface area contributed by atoms with Gasteiger partial charge in [0.15, 0.2) is 0 Å². The van der Waals surface area contributed by atoms with Gasteiger partial charge in [-0.05, 0) is 19.3 Å². The van der Waals surface area contributed by atoms with Crippen molar-refractivity contribution < 1.29 is 4.74 Å². The molecule has 5 heteroatoms. The summed E-state index contributed by atoms with van der Waals surface area (Å²) in [6.45, 7) is 0.799. The fraction of sp³-hybridized carbons (Fsp3) is 0.455. The topological polar surface area (TPSA) is 76.8 Å². The summed E-state index contributed by atoms with van der Waals surface area (Å²) in [5.41, 5.74) is 8.45. The minimum absolute atomic E-state index is 0.0445. The number of ether oxygens (including phenoxy) is 1. The predicted molar refractivity (Wildman–Crippen MR) is 60.8 cm³/mol. The summed E-state index contributed by atoms with van der Waals surface area (Å²) in [7, 11) is 0. The largest absolute Gasteiger partial charge is 0.384 e. The number of hydrogen-bond donors (Lipinski definition) is 2. The van der Waals surface area contributed by atoms with Crippen LogP contribution in [0.3, 0.4) is 0 Å². The van der Waals surface area contributed by atoms with Gasteiger partial charge in [-0.3, -0.25) is 0 Å². The minimum Gasteiger partial charge on any atom is -0.384 e. The number of aromatic amines is 1. The summed E-state index contributed by atoms with van der Waals surface area (Å²) in [6, 6.07) is 1.80. The number of hydrogen-bond acceptors (Lipinski definition) is 4. The third-order valence-electron chi connectivity index (χ3n) is 2.94. The van der Waals surface area contributed by atoms with E-state index in [1.807, 2.05) is 0 Å². The number of fused-ring (bicyclic) bond motifs is 1. The van der Waals surface area contributed by atoms with Gasteiger partial charge in [0.25, 0.3) is 0 Å². The molecule has 0 saturated carbocycles. The molecule has 2 aromatic heterocycles. The van der Waals surface area contributed by atoms with Crippen LogP contribution in [0.2, 0.25) is 0 Å². The smallest absolute Gasteiger partial charge is 0.125 e. The fourth-order valence-corrected chi connectivity index (χ4v) is 2.17. The molecule has 5 nitrogen and oxygen atoms in total. The van der Waals surface area contributed by atoms with Crippen molar-refractivity contribution in [2.75, 3.05) is 12.3 Å². The van der Waals surface area contributed by atoms with Gasteiger partial charge in [-0.1, -0.05) is 0 Å². The third kappa shape index (κ3) is 1.53. The highest BCUT2D eigenvalue weighted by molar-refractivity contribution is 5.79. The van der Waals surface area contributed by atoms with Gasteiger partial charge in [-0.15, -0.1) is 0 Å². The van der Waals surface area contributed by atoms with Crippen molar-refractivity contribution in [2.24, 2.45) is 0 Å². The van der Waals surface area contributed by atoms with Crippen molar-refractivity contribution in [3.05, 3.63) is 18.1 Å². The van der Waals surface area contributed by atoms with Crippen molar-refractivity contribution in [2.45, 2.75) is 25.4 Å². The van der Waals surface area contributed by atoms with E-state index in [0.717, 1.165) is 36.2 Å². The number of rotatable bonds is 1. The zero-order valence-electron chi connectivity index (χ0n) is 8.94. The Morgan fingerprint density at radius 2 is 2.38 bits per heavy atom. The molecule has 0 bridgehead atoms. The predicted octanol–water partition coefficient (Wildman–Crippen LogP) is 1.78. The van der Waals surface area contributed by atoms with E-state index in [1.54, 1.807) is 12.4 Å². The van der Waals surface area contributed by atoms with Crippen molar-refractivity contribution >= 4 is 16.9 Å². The lowest BCUT2D eigenvalue weighted by Crippen LogP contribution is -2.14. The number of H-pyrrole nitrogens is 1. The van der Waals surface area contributed by atoms with Gasteiger partial charge in [0.05, 0.1) is 17.5 Å². The molecule has 2 aromatic rings. The number of nitrogen functional groups attached to an aromatic ring is 1. The summed E-state index contributed by atoms with van der Waals surface area (Å²) in [5, 5.41) is 0. The van der Waals surface area contributed by atoms with Crippen LogP contribution in [0.5, 0.6) is 0 Å². The summed E-state index contributed by atoms with van der Waals surface area (Å²) < 4.78 is 5.72. The molecule has 1 aliphatic rings. The van der Waals surface area contributed by atoms with E-state index in [1.165, 1.54) is 6.42 Å². The molecular formula is C11H14N4O. The van der Waals surface area contributed by atoms with Crippen LogP contribution in [-0.2, 0) is 4.74 Å². The highest BCUT2D eigenvalue weighted by Crippen LogP contribution is 2.30. The number of nitrogens with two attached hydrogens (primary N) is 1. The maximum atomic E-state index is 5.78. The Morgan fingerprint density at radius 3 is 3.19 bits per heavy atom. The standard InChI is InChI=1S/C11H14N4O/c12-9-5-7-10(14-6-13-7)11(15-9)8-3-1-2-4-16-8/h5-6,8H,1-4H2,(H2,12,15)(H,13,14). The van der Waals surface area contributed by atoms with Crippen LogP contribution in [0.4, 0.5) is 5.82 Å². The number of anilines is 1. The van der Waals surface area contributed by atoms with E-state index in [-0.39, 0.29) is 6.10 Å². The molecule has 1 unspecified atom stereocenters. The highest BCUT2D eigenvalue weighted by Gasteiger charge is 2.21. The zero-order valence-corrected chi connectivity index (χ0v) is 8.94. The van der Waals surface area contributed by atoms with Crippen molar-refractivity contribution in [3.63, 3.8) is 0 Å². The Kier molecular flexibility index (Phi) is 2.25. The lowest BCUT2D eigenvalue weighted by molar-refractivity contribution is 0.0133. The number of aromatic nitrogens is 3. The molecule has 1 atom stereocenters. The molecule has 3 heterocycles. The number of nitrogens with one attached hydrogen (secondary N) is 1. The van der Waals surface area contributed by atoms with E-state index in [2.05, 4.69) is 15.0 Å². The molecular weight excluding hydrogens is 204 g/mol. The molecule has 16 heavy (non-hydrogen) atoms. The SMILES string of the molecule is Nc1cc2[nH]cnc2c(C2CCCCO2)n1. The normalized spacial score (nSPS) is 21.4. The van der Waals surface area contributed by atoms with E-state index < -0.39 is 0 Å². The van der Waals surface area contributed by atoms with E-state index in [0.29, 0.717) is 5.82 Å². The van der Waals surface area contributed by atoms with E-state index in [9.17, 15) is 0 Å². The van der Waals surface area contributed by atoms with Crippen LogP contribution >= 0.6 is 0 Å². The Hall–Kier alpha value is -1.62. The summed E-state index contributed by atoms with van der Waals surface area (Å²) in [5.74, 6) is 0.515. The zero-order chi connectivity index (χ0) is 11.0. The van der Waals surface area contributed by atoms with Crippen LogP contribution in [-0.4, -0.2) is 21.6 Å². The Morgan fingerprint density at radius 1 is 1.44 bits per heavy atom. The molecule has 0 radical (unpaired) electrons. The van der Waals surface area contributed by atoms with Crippen LogP contribution in [0, 0.1) is 0 Å². The molecule has 1 saturated heterocycles. The second-order valence-corrected chi connectivity index (χ2v) is 4.09. The van der Waals surface area contributed by atoms with Gasteiger partial charge >= 0.3 is 0 Å². The quantitative estimate of drug-likeness (QED) is 0.764. The van der Waals surface area contributed by atoms with Gasteiger partial charge in [0.1, 0.15) is 17.4 Å². The summed E-state index contributed by atoms with van der Waals surface area (Å²) in [4.78, 5) is 11.7. The van der Waals surface area contributed by atoms with Crippen molar-refractivity contribution in [1.82, 2.24) is 15.0 Å². The fourth-order valence-electron chi connectivity index (χ4n) is 2.17. The first kappa shape index (κ1) is 9.59. The molecule has 1 fully saturated rings. The average molecular weight is 218 g/mol. The molecule has 0 aromatic carbocycles. The monoisotopic (exact) mass is 218 g/mol. The first-order valence-electron chi connectivity index (χ1n) is 5.56. The number of nitrogens with zero attached hydrogens (tertiary/aromatic N) is 2. The van der Waals surface area contributed by atoms with Crippen LogP contribution in [0.25, 0.3) is 11.0 Å². The van der Waals surface area contributed by atoms with Crippen LogP contribution < -0.4 is 5.73 Å².